The number of carbonyl (C=O) groups is 1. The molecule has 0 aliphatic carbocycles. The first kappa shape index (κ1) is 21.3. The lowest BCUT2D eigenvalue weighted by Gasteiger charge is -2.28. The van der Waals surface area contributed by atoms with Crippen molar-refractivity contribution in [1.82, 2.24) is 24.9 Å². The third-order valence-electron chi connectivity index (χ3n) is 5.44. The van der Waals surface area contributed by atoms with Crippen molar-refractivity contribution in [1.29, 1.82) is 0 Å². The molecule has 0 spiro atoms. The Bertz CT molecular complexity index is 1330. The molecular weight excluding hydrogens is 461 g/mol. The Morgan fingerprint density at radius 2 is 2.03 bits per heavy atom. The number of anilines is 1. The molecule has 170 valence electrons. The van der Waals surface area contributed by atoms with E-state index >= 15 is 0 Å². The zero-order valence-corrected chi connectivity index (χ0v) is 17.6. The van der Waals surface area contributed by atoms with Crippen molar-refractivity contribution in [2.45, 2.75) is 18.4 Å². The molecule has 0 radical (unpaired) electrons. The fourth-order valence-corrected chi connectivity index (χ4v) is 4.02. The van der Waals surface area contributed by atoms with Gasteiger partial charge in [0.15, 0.2) is 11.4 Å². The normalized spacial score (nSPS) is 17.6. The van der Waals surface area contributed by atoms with Gasteiger partial charge in [-0.25, -0.2) is 13.2 Å². The summed E-state index contributed by atoms with van der Waals surface area (Å²) in [4.78, 5) is 19.4. The summed E-state index contributed by atoms with van der Waals surface area (Å²) in [5, 5.41) is 10.9. The van der Waals surface area contributed by atoms with E-state index in [2.05, 4.69) is 20.5 Å². The molecule has 3 heterocycles. The summed E-state index contributed by atoms with van der Waals surface area (Å²) in [5.74, 6) is -4.67. The van der Waals surface area contributed by atoms with E-state index in [9.17, 15) is 18.0 Å². The van der Waals surface area contributed by atoms with Gasteiger partial charge < -0.3 is 14.6 Å². The Hall–Kier alpha value is -3.60. The van der Waals surface area contributed by atoms with Gasteiger partial charge in [0.25, 0.3) is 17.8 Å². The highest BCUT2D eigenvalue weighted by Crippen LogP contribution is 2.36. The summed E-state index contributed by atoms with van der Waals surface area (Å²) in [6.07, 6.45) is 2.12. The number of nitrogens with one attached hydrogen (secondary N) is 1. The van der Waals surface area contributed by atoms with E-state index in [1.54, 1.807) is 18.2 Å². The molecule has 0 unspecified atom stereocenters. The predicted molar refractivity (Wildman–Crippen MR) is 113 cm³/mol. The molecular formula is C21H16ClF3N6O2. The molecule has 1 amide bonds. The van der Waals surface area contributed by atoms with Crippen molar-refractivity contribution >= 4 is 34.6 Å². The van der Waals surface area contributed by atoms with Crippen molar-refractivity contribution in [3.63, 3.8) is 0 Å². The van der Waals surface area contributed by atoms with Crippen LogP contribution in [0.1, 0.15) is 16.8 Å². The number of fused-ring (bicyclic) bond motifs is 1. The number of amides is 1. The summed E-state index contributed by atoms with van der Waals surface area (Å²) >= 11 is 5.93. The fourth-order valence-electron chi connectivity index (χ4n) is 3.86. The van der Waals surface area contributed by atoms with Crippen LogP contribution in [-0.2, 0) is 0 Å². The van der Waals surface area contributed by atoms with E-state index in [1.807, 2.05) is 0 Å². The second-order valence-corrected chi connectivity index (χ2v) is 7.93. The van der Waals surface area contributed by atoms with Gasteiger partial charge in [0, 0.05) is 30.6 Å². The zero-order chi connectivity index (χ0) is 23.2. The van der Waals surface area contributed by atoms with Crippen LogP contribution in [0.3, 0.4) is 0 Å². The molecule has 33 heavy (non-hydrogen) atoms. The van der Waals surface area contributed by atoms with E-state index in [0.717, 1.165) is 15.8 Å². The number of hydrogen-bond donors (Lipinski definition) is 1. The van der Waals surface area contributed by atoms with Gasteiger partial charge in [-0.15, -0.1) is 4.80 Å². The molecule has 1 aliphatic rings. The van der Waals surface area contributed by atoms with Gasteiger partial charge >= 0.3 is 0 Å². The summed E-state index contributed by atoms with van der Waals surface area (Å²) in [5.41, 5.74) is 0.576. The standard InChI is InChI=1S/C21H16ClF3N6O2/c22-12-4-5-15-16(10-12)33-20(29-15)26-11-17-21(24,25)6-9-30(17)19(32)13-2-1-3-14(23)18(13)31-27-7-8-28-31/h1-5,7-8,10,17H,6,9,11H2,(H,26,29)/t17-/m1/s1. The topological polar surface area (TPSA) is 89.1 Å². The molecule has 0 bridgehead atoms. The minimum absolute atomic E-state index is 0.0227. The van der Waals surface area contributed by atoms with Gasteiger partial charge in [0.1, 0.15) is 17.2 Å². The van der Waals surface area contributed by atoms with Gasteiger partial charge in [0.2, 0.25) is 0 Å². The SMILES string of the molecule is O=C(c1cccc(F)c1-n1nccn1)N1CCC(F)(F)[C@H]1CNc1nc2ccc(Cl)cc2o1. The first-order valence-electron chi connectivity index (χ1n) is 9.97. The average molecular weight is 477 g/mol. The molecule has 1 saturated heterocycles. The number of oxazole rings is 1. The molecule has 2 aromatic carbocycles. The van der Waals surface area contributed by atoms with E-state index in [0.29, 0.717) is 16.1 Å². The molecule has 1 fully saturated rings. The van der Waals surface area contributed by atoms with Crippen molar-refractivity contribution in [2.24, 2.45) is 0 Å². The van der Waals surface area contributed by atoms with E-state index in [-0.39, 0.29) is 30.4 Å². The lowest BCUT2D eigenvalue weighted by Crippen LogP contribution is -2.47. The van der Waals surface area contributed by atoms with Crippen LogP contribution < -0.4 is 5.32 Å². The van der Waals surface area contributed by atoms with Crippen LogP contribution in [0.25, 0.3) is 16.8 Å². The van der Waals surface area contributed by atoms with Gasteiger partial charge in [-0.05, 0) is 24.3 Å². The Kier molecular flexibility index (Phi) is 5.20. The number of likely N-dealkylation sites (tertiary alicyclic amines) is 1. The summed E-state index contributed by atoms with van der Waals surface area (Å²) < 4.78 is 49.5. The summed E-state index contributed by atoms with van der Waals surface area (Å²) in [6.45, 7) is -0.534. The number of aromatic nitrogens is 4. The molecule has 0 saturated carbocycles. The number of nitrogens with zero attached hydrogens (tertiary/aromatic N) is 5. The summed E-state index contributed by atoms with van der Waals surface area (Å²) in [6, 6.07) is 7.18. The highest BCUT2D eigenvalue weighted by molar-refractivity contribution is 6.31. The van der Waals surface area contributed by atoms with E-state index in [4.69, 9.17) is 16.0 Å². The smallest absolute Gasteiger partial charge is 0.295 e. The lowest BCUT2D eigenvalue weighted by molar-refractivity contribution is -0.0249. The van der Waals surface area contributed by atoms with Gasteiger partial charge in [-0.2, -0.15) is 15.2 Å². The quantitative estimate of drug-likeness (QED) is 0.465. The van der Waals surface area contributed by atoms with Crippen LogP contribution >= 0.6 is 11.6 Å². The van der Waals surface area contributed by atoms with Crippen molar-refractivity contribution < 1.29 is 22.4 Å². The van der Waals surface area contributed by atoms with E-state index < -0.39 is 30.1 Å². The number of alkyl halides is 2. The Labute approximate surface area is 189 Å². The number of hydrogen-bond acceptors (Lipinski definition) is 6. The fraction of sp³-hybridized carbons (Fsp3) is 0.238. The second-order valence-electron chi connectivity index (χ2n) is 7.49. The Balaban J connectivity index is 1.42. The Morgan fingerprint density at radius 3 is 2.82 bits per heavy atom. The highest BCUT2D eigenvalue weighted by Gasteiger charge is 2.51. The second kappa shape index (κ2) is 8.07. The number of benzene rings is 2. The molecule has 1 N–H and O–H groups in total. The maximum atomic E-state index is 14.7. The molecule has 5 rings (SSSR count). The minimum atomic E-state index is -3.17. The number of halogens is 4. The molecule has 12 heteroatoms. The van der Waals surface area contributed by atoms with Crippen LogP contribution in [0.2, 0.25) is 5.02 Å². The molecule has 1 aliphatic heterocycles. The first-order chi connectivity index (χ1) is 15.8. The van der Waals surface area contributed by atoms with Crippen molar-refractivity contribution in [3.8, 4) is 5.69 Å². The first-order valence-corrected chi connectivity index (χ1v) is 10.4. The molecule has 2 aromatic heterocycles. The summed E-state index contributed by atoms with van der Waals surface area (Å²) in [7, 11) is 0. The van der Waals surface area contributed by atoms with Gasteiger partial charge in [-0.3, -0.25) is 4.79 Å². The molecule has 4 aromatic rings. The average Bonchev–Trinajstić information content (AvgIpc) is 3.50. The van der Waals surface area contributed by atoms with Crippen molar-refractivity contribution in [3.05, 3.63) is 65.2 Å². The number of para-hydroxylation sites is 1. The molecule has 1 atom stereocenters. The van der Waals surface area contributed by atoms with Crippen LogP contribution in [0, 0.1) is 5.82 Å². The predicted octanol–water partition coefficient (Wildman–Crippen LogP) is 4.16. The third-order valence-corrected chi connectivity index (χ3v) is 5.68. The minimum Gasteiger partial charge on any atom is -0.424 e. The maximum absolute atomic E-state index is 14.7. The zero-order valence-electron chi connectivity index (χ0n) is 16.9. The lowest BCUT2D eigenvalue weighted by atomic mass is 10.1. The van der Waals surface area contributed by atoms with Gasteiger partial charge in [-0.1, -0.05) is 17.7 Å². The third kappa shape index (κ3) is 3.88. The van der Waals surface area contributed by atoms with Crippen LogP contribution in [0.5, 0.6) is 0 Å². The van der Waals surface area contributed by atoms with Gasteiger partial charge in [0.05, 0.1) is 18.0 Å². The molecule has 8 nitrogen and oxygen atoms in total. The number of carbonyl (C=O) groups excluding carboxylic acids is 1. The van der Waals surface area contributed by atoms with E-state index in [1.165, 1.54) is 24.5 Å². The monoisotopic (exact) mass is 476 g/mol. The van der Waals surface area contributed by atoms with Crippen LogP contribution in [0.4, 0.5) is 19.2 Å². The number of rotatable bonds is 5. The van der Waals surface area contributed by atoms with Crippen LogP contribution in [-0.4, -0.2) is 55.8 Å². The Morgan fingerprint density at radius 1 is 1.24 bits per heavy atom. The largest absolute Gasteiger partial charge is 0.424 e. The van der Waals surface area contributed by atoms with Crippen LogP contribution in [0.15, 0.2) is 53.2 Å². The highest BCUT2D eigenvalue weighted by atomic mass is 35.5. The van der Waals surface area contributed by atoms with Crippen molar-refractivity contribution in [2.75, 3.05) is 18.4 Å². The maximum Gasteiger partial charge on any atom is 0.295 e.